The van der Waals surface area contributed by atoms with E-state index < -0.39 is 74.3 Å². The van der Waals surface area contributed by atoms with Gasteiger partial charge in [0.25, 0.3) is 0 Å². The molecule has 0 radical (unpaired) electrons. The van der Waals surface area contributed by atoms with Crippen LogP contribution in [-0.2, 0) is 9.47 Å². The molecule has 0 aromatic carbocycles. The molecule has 1 aromatic rings. The average Bonchev–Trinajstić information content (AvgIpc) is 3.14. The molecule has 2 aliphatic heterocycles. The summed E-state index contributed by atoms with van der Waals surface area (Å²) in [5.74, 6) is 0. The van der Waals surface area contributed by atoms with Crippen molar-refractivity contribution in [3.05, 3.63) is 21.9 Å². The lowest BCUT2D eigenvalue weighted by Crippen LogP contribution is -2.55. The van der Waals surface area contributed by atoms with E-state index in [2.05, 4.69) is 0 Å². The van der Waals surface area contributed by atoms with E-state index in [0.29, 0.717) is 10.4 Å². The molecule has 0 spiro atoms. The Hall–Kier alpha value is -0.700. The van der Waals surface area contributed by atoms with Gasteiger partial charge in [-0.05, 0) is 17.0 Å². The molecule has 2 aliphatic rings. The molecule has 10 atom stereocenters. The Kier molecular flexibility index (Phi) is 6.50. The van der Waals surface area contributed by atoms with Gasteiger partial charge in [-0.15, -0.1) is 11.3 Å². The zero-order chi connectivity index (χ0) is 19.9. The van der Waals surface area contributed by atoms with Crippen molar-refractivity contribution in [1.29, 1.82) is 0 Å². The minimum absolute atomic E-state index is 0.420. The standard InChI is InChI=1S/C16H24O10S/c17-2-6-9(19)11(21)13(23)15(25-6)5-1-8(27-4-5)16-14(24)12(22)10(20)7(3-18)26-16/h1,4,6-7,9-24H,2-3H2/t6-,7-,9-,10-,11+,12+,13+,14+,15-,16-/m1/s1. The molecule has 3 heterocycles. The van der Waals surface area contributed by atoms with Crippen molar-refractivity contribution in [2.45, 2.75) is 61.0 Å². The molecule has 3 rings (SSSR count). The summed E-state index contributed by atoms with van der Waals surface area (Å²) in [4.78, 5) is 0.443. The number of ether oxygens (including phenoxy) is 2. The van der Waals surface area contributed by atoms with Gasteiger partial charge in [-0.2, -0.15) is 0 Å². The number of aliphatic hydroxyl groups excluding tert-OH is 8. The summed E-state index contributed by atoms with van der Waals surface area (Å²) >= 11 is 1.13. The smallest absolute Gasteiger partial charge is 0.121 e. The van der Waals surface area contributed by atoms with Crippen molar-refractivity contribution in [2.75, 3.05) is 13.2 Å². The lowest BCUT2D eigenvalue weighted by molar-refractivity contribution is -0.232. The topological polar surface area (TPSA) is 180 Å². The van der Waals surface area contributed by atoms with Crippen LogP contribution in [0, 0.1) is 0 Å². The van der Waals surface area contributed by atoms with Crippen molar-refractivity contribution >= 4 is 11.3 Å². The van der Waals surface area contributed by atoms with Gasteiger partial charge in [0.15, 0.2) is 0 Å². The molecule has 11 heteroatoms. The number of hydrogen-bond donors (Lipinski definition) is 8. The minimum atomic E-state index is -1.52. The minimum Gasteiger partial charge on any atom is -0.394 e. The van der Waals surface area contributed by atoms with Crippen molar-refractivity contribution < 1.29 is 50.3 Å². The summed E-state index contributed by atoms with van der Waals surface area (Å²) < 4.78 is 11.0. The molecule has 8 N–H and O–H groups in total. The fourth-order valence-corrected chi connectivity index (χ4v) is 4.39. The van der Waals surface area contributed by atoms with Crippen molar-refractivity contribution in [3.63, 3.8) is 0 Å². The molecule has 154 valence electrons. The van der Waals surface area contributed by atoms with E-state index >= 15 is 0 Å². The molecule has 0 bridgehead atoms. The van der Waals surface area contributed by atoms with Gasteiger partial charge in [-0.3, -0.25) is 0 Å². The van der Waals surface area contributed by atoms with Gasteiger partial charge in [0.05, 0.1) is 13.2 Å². The van der Waals surface area contributed by atoms with Crippen LogP contribution in [0.5, 0.6) is 0 Å². The van der Waals surface area contributed by atoms with E-state index in [1.807, 2.05) is 0 Å². The van der Waals surface area contributed by atoms with E-state index in [1.54, 1.807) is 5.38 Å². The van der Waals surface area contributed by atoms with Crippen LogP contribution in [0.2, 0.25) is 0 Å². The highest BCUT2D eigenvalue weighted by Gasteiger charge is 2.46. The van der Waals surface area contributed by atoms with Gasteiger partial charge < -0.3 is 50.3 Å². The molecule has 1 aromatic heterocycles. The predicted octanol–water partition coefficient (Wildman–Crippen LogP) is -3.22. The van der Waals surface area contributed by atoms with Crippen molar-refractivity contribution in [3.8, 4) is 0 Å². The Balaban J connectivity index is 1.82. The summed E-state index contributed by atoms with van der Waals surface area (Å²) in [6.45, 7) is -1.10. The highest BCUT2D eigenvalue weighted by molar-refractivity contribution is 7.10. The largest absolute Gasteiger partial charge is 0.394 e. The van der Waals surface area contributed by atoms with E-state index in [-0.39, 0.29) is 0 Å². The van der Waals surface area contributed by atoms with Gasteiger partial charge in [0, 0.05) is 4.88 Å². The fraction of sp³-hybridized carbons (Fsp3) is 0.750. The van der Waals surface area contributed by atoms with E-state index in [1.165, 1.54) is 6.07 Å². The predicted molar refractivity (Wildman–Crippen MR) is 89.8 cm³/mol. The first-order valence-corrected chi connectivity index (χ1v) is 9.37. The molecule has 2 saturated heterocycles. The van der Waals surface area contributed by atoms with Crippen molar-refractivity contribution in [1.82, 2.24) is 0 Å². The molecule has 0 amide bonds. The van der Waals surface area contributed by atoms with Gasteiger partial charge in [-0.25, -0.2) is 0 Å². The van der Waals surface area contributed by atoms with Crippen LogP contribution >= 0.6 is 11.3 Å². The maximum absolute atomic E-state index is 10.2. The van der Waals surface area contributed by atoms with Crippen LogP contribution in [-0.4, -0.2) is 103 Å². The second-order valence-electron chi connectivity index (χ2n) is 6.78. The summed E-state index contributed by atoms with van der Waals surface area (Å²) in [6.07, 6.45) is -13.0. The second kappa shape index (κ2) is 8.35. The maximum atomic E-state index is 10.2. The highest BCUT2D eigenvalue weighted by atomic mass is 32.1. The Morgan fingerprint density at radius 3 is 1.70 bits per heavy atom. The van der Waals surface area contributed by atoms with Crippen LogP contribution in [0.15, 0.2) is 11.4 Å². The zero-order valence-electron chi connectivity index (χ0n) is 14.1. The van der Waals surface area contributed by atoms with E-state index in [9.17, 15) is 40.9 Å². The third-order valence-electron chi connectivity index (χ3n) is 5.03. The number of hydrogen-bond acceptors (Lipinski definition) is 11. The fourth-order valence-electron chi connectivity index (χ4n) is 3.38. The molecule has 0 unspecified atom stereocenters. The van der Waals surface area contributed by atoms with Crippen LogP contribution in [0.25, 0.3) is 0 Å². The Labute approximate surface area is 158 Å². The summed E-state index contributed by atoms with van der Waals surface area (Å²) in [7, 11) is 0. The average molecular weight is 408 g/mol. The SMILES string of the molecule is OC[C@H]1O[C@H](c2csc([C@H]3O[C@H](CO)[C@@H](O)[C@H](O)[C@@H]3O)c2)[C@@H](O)[C@@H](O)[C@@H]1O. The second-order valence-corrected chi connectivity index (χ2v) is 7.72. The van der Waals surface area contributed by atoms with Gasteiger partial charge >= 0.3 is 0 Å². The molecule has 27 heavy (non-hydrogen) atoms. The number of rotatable bonds is 4. The first-order chi connectivity index (χ1) is 12.8. The van der Waals surface area contributed by atoms with Gasteiger partial charge in [-0.1, -0.05) is 0 Å². The molecule has 0 aliphatic carbocycles. The lowest BCUT2D eigenvalue weighted by Gasteiger charge is -2.40. The van der Waals surface area contributed by atoms with Gasteiger partial charge in [0.2, 0.25) is 0 Å². The van der Waals surface area contributed by atoms with Crippen LogP contribution in [0.1, 0.15) is 22.6 Å². The summed E-state index contributed by atoms with van der Waals surface area (Å²) in [5, 5.41) is 80.1. The first-order valence-electron chi connectivity index (χ1n) is 8.49. The van der Waals surface area contributed by atoms with Crippen LogP contribution in [0.4, 0.5) is 0 Å². The number of aliphatic hydroxyl groups is 8. The molecular formula is C16H24O10S. The molecule has 10 nitrogen and oxygen atoms in total. The van der Waals surface area contributed by atoms with Crippen LogP contribution < -0.4 is 0 Å². The number of thiophene rings is 1. The highest BCUT2D eigenvalue weighted by Crippen LogP contribution is 2.39. The molecule has 0 saturated carbocycles. The Bertz CT molecular complexity index is 572. The maximum Gasteiger partial charge on any atom is 0.121 e. The third kappa shape index (κ3) is 3.78. The zero-order valence-corrected chi connectivity index (χ0v) is 15.0. The normalized spacial score (nSPS) is 45.8. The Morgan fingerprint density at radius 2 is 1.19 bits per heavy atom. The van der Waals surface area contributed by atoms with E-state index in [0.717, 1.165) is 11.3 Å². The molecule has 2 fully saturated rings. The first kappa shape index (κ1) is 21.0. The summed E-state index contributed by atoms with van der Waals surface area (Å²) in [6, 6.07) is 1.53. The lowest BCUT2D eigenvalue weighted by atomic mass is 9.91. The molecular weight excluding hydrogens is 384 g/mol. The van der Waals surface area contributed by atoms with Crippen molar-refractivity contribution in [2.24, 2.45) is 0 Å². The summed E-state index contributed by atoms with van der Waals surface area (Å²) in [5.41, 5.74) is 0.420. The monoisotopic (exact) mass is 408 g/mol. The van der Waals surface area contributed by atoms with Gasteiger partial charge in [0.1, 0.15) is 61.0 Å². The van der Waals surface area contributed by atoms with Crippen LogP contribution in [0.3, 0.4) is 0 Å². The van der Waals surface area contributed by atoms with E-state index in [4.69, 9.17) is 9.47 Å². The third-order valence-corrected chi connectivity index (χ3v) is 6.05. The Morgan fingerprint density at radius 1 is 0.704 bits per heavy atom. The quantitative estimate of drug-likeness (QED) is 0.252.